The predicted molar refractivity (Wildman–Crippen MR) is 59.5 cm³/mol. The van der Waals surface area contributed by atoms with Gasteiger partial charge in [-0.2, -0.15) is 0 Å². The van der Waals surface area contributed by atoms with Gasteiger partial charge in [-0.25, -0.2) is 4.39 Å². The second-order valence-electron chi connectivity index (χ2n) is 3.37. The number of rotatable bonds is 2. The average molecular weight is 241 g/mol. The van der Waals surface area contributed by atoms with Crippen molar-refractivity contribution < 1.29 is 8.91 Å². The van der Waals surface area contributed by atoms with E-state index in [0.717, 1.165) is 0 Å². The Morgan fingerprint density at radius 3 is 2.88 bits per heavy atom. The minimum atomic E-state index is -0.435. The maximum absolute atomic E-state index is 13.7. The third-order valence-electron chi connectivity index (χ3n) is 2.39. The second-order valence-corrected chi connectivity index (χ2v) is 3.77. The van der Waals surface area contributed by atoms with Crippen LogP contribution in [0.15, 0.2) is 22.7 Å². The number of aryl methyl sites for hydroxylation is 1. The first-order chi connectivity index (χ1) is 7.65. The lowest BCUT2D eigenvalue weighted by Crippen LogP contribution is -1.99. The van der Waals surface area contributed by atoms with Crippen molar-refractivity contribution in [3.63, 3.8) is 0 Å². The maximum atomic E-state index is 13.7. The normalized spacial score (nSPS) is 10.8. The molecule has 0 spiro atoms. The van der Waals surface area contributed by atoms with Crippen LogP contribution in [0.25, 0.3) is 11.3 Å². The van der Waals surface area contributed by atoms with Gasteiger partial charge in [0.05, 0.1) is 10.6 Å². The summed E-state index contributed by atoms with van der Waals surface area (Å²) in [5.74, 6) is 0.146. The number of benzene rings is 1. The molecule has 2 rings (SSSR count). The predicted octanol–water partition coefficient (Wildman–Crippen LogP) is 2.90. The van der Waals surface area contributed by atoms with Gasteiger partial charge in [-0.15, -0.1) is 0 Å². The number of nitrogens with two attached hydrogens (primary N) is 1. The van der Waals surface area contributed by atoms with E-state index in [1.807, 2.05) is 0 Å². The summed E-state index contributed by atoms with van der Waals surface area (Å²) >= 11 is 5.94. The first kappa shape index (κ1) is 11.1. The standard InChI is InChI=1S/C11H10ClFN2O/c1-6-7(5-14)11(15-16-6)10-8(12)3-2-4-9(10)13/h2-4H,5,14H2,1H3. The lowest BCUT2D eigenvalue weighted by atomic mass is 10.1. The zero-order valence-electron chi connectivity index (χ0n) is 8.63. The molecule has 3 nitrogen and oxygen atoms in total. The summed E-state index contributed by atoms with van der Waals surface area (Å²) in [5, 5.41) is 4.09. The van der Waals surface area contributed by atoms with Crippen LogP contribution in [-0.4, -0.2) is 5.16 Å². The van der Waals surface area contributed by atoms with E-state index in [1.54, 1.807) is 13.0 Å². The van der Waals surface area contributed by atoms with E-state index in [0.29, 0.717) is 22.0 Å². The summed E-state index contributed by atoms with van der Waals surface area (Å²) in [4.78, 5) is 0. The van der Waals surface area contributed by atoms with Crippen molar-refractivity contribution in [2.45, 2.75) is 13.5 Å². The van der Waals surface area contributed by atoms with Gasteiger partial charge in [0.1, 0.15) is 17.3 Å². The highest BCUT2D eigenvalue weighted by atomic mass is 35.5. The molecule has 0 bridgehead atoms. The summed E-state index contributed by atoms with van der Waals surface area (Å²) in [6.45, 7) is 1.96. The molecule has 0 atom stereocenters. The fourth-order valence-corrected chi connectivity index (χ4v) is 1.80. The van der Waals surface area contributed by atoms with Crippen molar-refractivity contribution in [1.29, 1.82) is 0 Å². The monoisotopic (exact) mass is 240 g/mol. The topological polar surface area (TPSA) is 52.0 Å². The SMILES string of the molecule is Cc1onc(-c2c(F)cccc2Cl)c1CN. The molecule has 84 valence electrons. The smallest absolute Gasteiger partial charge is 0.138 e. The summed E-state index contributed by atoms with van der Waals surface area (Å²) in [7, 11) is 0. The van der Waals surface area contributed by atoms with Gasteiger partial charge in [0, 0.05) is 12.1 Å². The van der Waals surface area contributed by atoms with Gasteiger partial charge in [0.15, 0.2) is 0 Å². The van der Waals surface area contributed by atoms with Crippen molar-refractivity contribution in [3.05, 3.63) is 40.4 Å². The van der Waals surface area contributed by atoms with Crippen LogP contribution in [0.1, 0.15) is 11.3 Å². The molecule has 0 aliphatic heterocycles. The summed E-state index contributed by atoms with van der Waals surface area (Å²) in [6.07, 6.45) is 0. The van der Waals surface area contributed by atoms with Crippen LogP contribution >= 0.6 is 11.6 Å². The van der Waals surface area contributed by atoms with Gasteiger partial charge in [0.2, 0.25) is 0 Å². The van der Waals surface area contributed by atoms with Crippen LogP contribution in [-0.2, 0) is 6.54 Å². The van der Waals surface area contributed by atoms with Crippen molar-refractivity contribution in [2.75, 3.05) is 0 Å². The maximum Gasteiger partial charge on any atom is 0.138 e. The molecule has 0 fully saturated rings. The lowest BCUT2D eigenvalue weighted by Gasteiger charge is -2.03. The van der Waals surface area contributed by atoms with Gasteiger partial charge in [-0.05, 0) is 19.1 Å². The Kier molecular flexibility index (Phi) is 2.94. The van der Waals surface area contributed by atoms with E-state index in [-0.39, 0.29) is 12.1 Å². The molecule has 0 amide bonds. The minimum absolute atomic E-state index is 0.231. The van der Waals surface area contributed by atoms with Gasteiger partial charge in [-0.1, -0.05) is 22.8 Å². The largest absolute Gasteiger partial charge is 0.361 e. The summed E-state index contributed by atoms with van der Waals surface area (Å²) < 4.78 is 18.7. The highest BCUT2D eigenvalue weighted by molar-refractivity contribution is 6.33. The molecule has 1 aromatic heterocycles. The minimum Gasteiger partial charge on any atom is -0.361 e. The van der Waals surface area contributed by atoms with Crippen LogP contribution in [0.3, 0.4) is 0 Å². The quantitative estimate of drug-likeness (QED) is 0.878. The van der Waals surface area contributed by atoms with Crippen LogP contribution in [0.4, 0.5) is 4.39 Å². The van der Waals surface area contributed by atoms with Crippen LogP contribution in [0, 0.1) is 12.7 Å². The molecule has 0 aliphatic carbocycles. The van der Waals surface area contributed by atoms with Crippen LogP contribution < -0.4 is 5.73 Å². The zero-order valence-corrected chi connectivity index (χ0v) is 9.38. The second kappa shape index (κ2) is 4.23. The Hall–Kier alpha value is -1.39. The van der Waals surface area contributed by atoms with E-state index in [2.05, 4.69) is 5.16 Å². The highest BCUT2D eigenvalue weighted by Crippen LogP contribution is 2.32. The molecule has 2 aromatic rings. The zero-order chi connectivity index (χ0) is 11.7. The number of halogens is 2. The van der Waals surface area contributed by atoms with E-state index in [1.165, 1.54) is 12.1 Å². The molecular formula is C11H10ClFN2O. The first-order valence-electron chi connectivity index (χ1n) is 4.74. The van der Waals surface area contributed by atoms with Crippen LogP contribution in [0.5, 0.6) is 0 Å². The van der Waals surface area contributed by atoms with Crippen LogP contribution in [0.2, 0.25) is 5.02 Å². The Morgan fingerprint density at radius 2 is 2.25 bits per heavy atom. The fourth-order valence-electron chi connectivity index (χ4n) is 1.55. The Morgan fingerprint density at radius 1 is 1.50 bits per heavy atom. The number of hydrogen-bond acceptors (Lipinski definition) is 3. The van der Waals surface area contributed by atoms with Gasteiger partial charge >= 0.3 is 0 Å². The lowest BCUT2D eigenvalue weighted by molar-refractivity contribution is 0.398. The number of nitrogens with zero attached hydrogens (tertiary/aromatic N) is 1. The van der Waals surface area contributed by atoms with E-state index in [4.69, 9.17) is 21.9 Å². The molecule has 0 saturated carbocycles. The van der Waals surface area contributed by atoms with Crippen molar-refractivity contribution in [1.82, 2.24) is 5.16 Å². The molecule has 1 aromatic carbocycles. The first-order valence-corrected chi connectivity index (χ1v) is 5.12. The summed E-state index contributed by atoms with van der Waals surface area (Å²) in [6, 6.07) is 4.46. The summed E-state index contributed by atoms with van der Waals surface area (Å²) in [5.41, 5.74) is 6.86. The van der Waals surface area contributed by atoms with Crippen molar-refractivity contribution >= 4 is 11.6 Å². The van der Waals surface area contributed by atoms with E-state index < -0.39 is 5.82 Å². The Balaban J connectivity index is 2.67. The molecule has 5 heteroatoms. The molecule has 0 saturated heterocycles. The van der Waals surface area contributed by atoms with E-state index in [9.17, 15) is 4.39 Å². The molecule has 0 radical (unpaired) electrons. The third kappa shape index (κ3) is 1.70. The van der Waals surface area contributed by atoms with Crippen molar-refractivity contribution in [2.24, 2.45) is 5.73 Å². The molecular weight excluding hydrogens is 231 g/mol. The van der Waals surface area contributed by atoms with Gasteiger partial charge < -0.3 is 10.3 Å². The molecule has 0 unspecified atom stereocenters. The molecule has 0 aliphatic rings. The molecule has 16 heavy (non-hydrogen) atoms. The molecule has 2 N–H and O–H groups in total. The molecule has 1 heterocycles. The fraction of sp³-hybridized carbons (Fsp3) is 0.182. The highest BCUT2D eigenvalue weighted by Gasteiger charge is 2.19. The Bertz CT molecular complexity index is 504. The van der Waals surface area contributed by atoms with Gasteiger partial charge in [-0.3, -0.25) is 0 Å². The van der Waals surface area contributed by atoms with Gasteiger partial charge in [0.25, 0.3) is 0 Å². The average Bonchev–Trinajstić information content (AvgIpc) is 2.59. The Labute approximate surface area is 97.0 Å². The number of hydrogen-bond donors (Lipinski definition) is 1. The van der Waals surface area contributed by atoms with E-state index >= 15 is 0 Å². The number of aromatic nitrogens is 1. The van der Waals surface area contributed by atoms with Crippen molar-refractivity contribution in [3.8, 4) is 11.3 Å². The third-order valence-corrected chi connectivity index (χ3v) is 2.70.